The van der Waals surface area contributed by atoms with Crippen molar-refractivity contribution in [1.82, 2.24) is 10.2 Å². The van der Waals surface area contributed by atoms with Crippen LogP contribution in [0.25, 0.3) is 0 Å². The van der Waals surface area contributed by atoms with Gasteiger partial charge in [0.1, 0.15) is 5.75 Å². The normalized spacial score (nSPS) is 10.8. The highest BCUT2D eigenvalue weighted by molar-refractivity contribution is 7.98. The van der Waals surface area contributed by atoms with Gasteiger partial charge in [-0.1, -0.05) is 44.2 Å². The maximum absolute atomic E-state index is 12.5. The molecule has 2 aromatic carbocycles. The summed E-state index contributed by atoms with van der Waals surface area (Å²) in [4.78, 5) is 15.8. The first kappa shape index (κ1) is 20.3. The second kappa shape index (κ2) is 10.9. The van der Waals surface area contributed by atoms with Gasteiger partial charge >= 0.3 is 0 Å². The minimum absolute atomic E-state index is 0.0892. The Morgan fingerprint density at radius 3 is 2.50 bits per heavy atom. The van der Waals surface area contributed by atoms with Gasteiger partial charge in [0.15, 0.2) is 0 Å². The van der Waals surface area contributed by atoms with Crippen molar-refractivity contribution in [1.29, 1.82) is 0 Å². The Kier molecular flexibility index (Phi) is 8.51. The summed E-state index contributed by atoms with van der Waals surface area (Å²) in [6.07, 6.45) is 0. The first-order valence-electron chi connectivity index (χ1n) is 9.03. The van der Waals surface area contributed by atoms with Crippen molar-refractivity contribution >= 4 is 17.7 Å². The number of amides is 1. The quantitative estimate of drug-likeness (QED) is 0.639. The number of nitrogens with one attached hydrogen (secondary N) is 1. The standard InChI is InChI=1S/C21H28N2O2S/c1-4-23(5-2)14-13-22-21(24)19-12-11-18(15-20(19)25-3)26-16-17-9-7-6-8-10-17/h6-12,15H,4-5,13-14,16H2,1-3H3,(H,22,24). The van der Waals surface area contributed by atoms with E-state index in [-0.39, 0.29) is 5.91 Å². The minimum atomic E-state index is -0.0892. The van der Waals surface area contributed by atoms with Gasteiger partial charge in [-0.2, -0.15) is 0 Å². The molecule has 5 heteroatoms. The van der Waals surface area contributed by atoms with E-state index in [0.29, 0.717) is 17.9 Å². The zero-order valence-corrected chi connectivity index (χ0v) is 16.6. The topological polar surface area (TPSA) is 41.6 Å². The number of hydrogen-bond donors (Lipinski definition) is 1. The van der Waals surface area contributed by atoms with Gasteiger partial charge in [0.2, 0.25) is 0 Å². The second-order valence-corrected chi connectivity index (χ2v) is 6.97. The van der Waals surface area contributed by atoms with Crippen molar-refractivity contribution in [2.45, 2.75) is 24.5 Å². The van der Waals surface area contributed by atoms with Crippen LogP contribution in [-0.2, 0) is 5.75 Å². The van der Waals surface area contributed by atoms with Gasteiger partial charge in [-0.15, -0.1) is 11.8 Å². The van der Waals surface area contributed by atoms with Crippen molar-refractivity contribution in [2.24, 2.45) is 0 Å². The van der Waals surface area contributed by atoms with E-state index in [0.717, 1.165) is 30.3 Å². The summed E-state index contributed by atoms with van der Waals surface area (Å²) in [6.45, 7) is 7.71. The molecule has 0 unspecified atom stereocenters. The van der Waals surface area contributed by atoms with E-state index in [1.54, 1.807) is 18.9 Å². The van der Waals surface area contributed by atoms with Gasteiger partial charge in [0, 0.05) is 23.7 Å². The summed E-state index contributed by atoms with van der Waals surface area (Å²) >= 11 is 1.73. The predicted molar refractivity (Wildman–Crippen MR) is 109 cm³/mol. The lowest BCUT2D eigenvalue weighted by atomic mass is 10.2. The first-order chi connectivity index (χ1) is 12.7. The Labute approximate surface area is 160 Å². The molecule has 0 atom stereocenters. The highest BCUT2D eigenvalue weighted by atomic mass is 32.2. The molecule has 2 rings (SSSR count). The van der Waals surface area contributed by atoms with Gasteiger partial charge in [-0.3, -0.25) is 4.79 Å². The van der Waals surface area contributed by atoms with E-state index in [2.05, 4.69) is 36.2 Å². The largest absolute Gasteiger partial charge is 0.496 e. The number of nitrogens with zero attached hydrogens (tertiary/aromatic N) is 1. The number of likely N-dealkylation sites (N-methyl/N-ethyl adjacent to an activating group) is 1. The molecule has 0 aliphatic carbocycles. The van der Waals surface area contributed by atoms with Crippen LogP contribution in [0.1, 0.15) is 29.8 Å². The fraction of sp³-hybridized carbons (Fsp3) is 0.381. The van der Waals surface area contributed by atoms with Crippen LogP contribution >= 0.6 is 11.8 Å². The maximum atomic E-state index is 12.5. The van der Waals surface area contributed by atoms with E-state index < -0.39 is 0 Å². The van der Waals surface area contributed by atoms with Gasteiger partial charge < -0.3 is 15.0 Å². The molecular weight excluding hydrogens is 344 g/mol. The summed E-state index contributed by atoms with van der Waals surface area (Å²) in [5.41, 5.74) is 1.85. The average molecular weight is 373 g/mol. The number of carbonyl (C=O) groups excluding carboxylic acids is 1. The van der Waals surface area contributed by atoms with Crippen molar-refractivity contribution in [3.8, 4) is 5.75 Å². The summed E-state index contributed by atoms with van der Waals surface area (Å²) in [6, 6.07) is 16.1. The van der Waals surface area contributed by atoms with Crippen LogP contribution in [0.3, 0.4) is 0 Å². The SMILES string of the molecule is CCN(CC)CCNC(=O)c1ccc(SCc2ccccc2)cc1OC. The fourth-order valence-electron chi connectivity index (χ4n) is 2.65. The van der Waals surface area contributed by atoms with Crippen LogP contribution in [0.4, 0.5) is 0 Å². The molecule has 0 bridgehead atoms. The third-order valence-electron chi connectivity index (χ3n) is 4.27. The van der Waals surface area contributed by atoms with Crippen molar-refractivity contribution in [2.75, 3.05) is 33.3 Å². The molecule has 0 spiro atoms. The Balaban J connectivity index is 1.95. The third-order valence-corrected chi connectivity index (χ3v) is 5.34. The lowest BCUT2D eigenvalue weighted by molar-refractivity contribution is 0.0946. The summed E-state index contributed by atoms with van der Waals surface area (Å²) in [7, 11) is 1.60. The number of rotatable bonds is 10. The van der Waals surface area contributed by atoms with Crippen LogP contribution < -0.4 is 10.1 Å². The van der Waals surface area contributed by atoms with Crippen LogP contribution in [0, 0.1) is 0 Å². The van der Waals surface area contributed by atoms with Crippen LogP contribution in [-0.4, -0.2) is 44.1 Å². The van der Waals surface area contributed by atoms with E-state index >= 15 is 0 Å². The van der Waals surface area contributed by atoms with Gasteiger partial charge in [-0.25, -0.2) is 0 Å². The molecule has 0 aliphatic heterocycles. The average Bonchev–Trinajstić information content (AvgIpc) is 2.70. The molecule has 26 heavy (non-hydrogen) atoms. The predicted octanol–water partition coefficient (Wildman–Crippen LogP) is 4.06. The Hall–Kier alpha value is -1.98. The van der Waals surface area contributed by atoms with E-state index in [1.165, 1.54) is 5.56 Å². The van der Waals surface area contributed by atoms with Crippen molar-refractivity contribution < 1.29 is 9.53 Å². The molecule has 1 amide bonds. The molecule has 140 valence electrons. The lowest BCUT2D eigenvalue weighted by Gasteiger charge is -2.18. The number of methoxy groups -OCH3 is 1. The third kappa shape index (κ3) is 6.07. The number of carbonyl (C=O) groups is 1. The highest BCUT2D eigenvalue weighted by Crippen LogP contribution is 2.28. The van der Waals surface area contributed by atoms with Gasteiger partial charge in [-0.05, 0) is 36.9 Å². The molecule has 4 nitrogen and oxygen atoms in total. The molecule has 0 aromatic heterocycles. The molecule has 2 aromatic rings. The Morgan fingerprint density at radius 1 is 1.12 bits per heavy atom. The molecule has 1 N–H and O–H groups in total. The van der Waals surface area contributed by atoms with Gasteiger partial charge in [0.05, 0.1) is 12.7 Å². The minimum Gasteiger partial charge on any atom is -0.496 e. The Bertz CT molecular complexity index is 688. The lowest BCUT2D eigenvalue weighted by Crippen LogP contribution is -2.34. The maximum Gasteiger partial charge on any atom is 0.255 e. The fourth-order valence-corrected chi connectivity index (χ4v) is 3.53. The summed E-state index contributed by atoms with van der Waals surface area (Å²) in [5, 5.41) is 2.98. The molecule has 0 radical (unpaired) electrons. The van der Waals surface area contributed by atoms with Crippen LogP contribution in [0.15, 0.2) is 53.4 Å². The molecule has 0 heterocycles. The van der Waals surface area contributed by atoms with Crippen LogP contribution in [0.2, 0.25) is 0 Å². The molecule has 0 saturated heterocycles. The van der Waals surface area contributed by atoms with Crippen molar-refractivity contribution in [3.05, 3.63) is 59.7 Å². The Morgan fingerprint density at radius 2 is 1.85 bits per heavy atom. The van der Waals surface area contributed by atoms with Crippen molar-refractivity contribution in [3.63, 3.8) is 0 Å². The second-order valence-electron chi connectivity index (χ2n) is 5.92. The highest BCUT2D eigenvalue weighted by Gasteiger charge is 2.13. The first-order valence-corrected chi connectivity index (χ1v) is 10.0. The van der Waals surface area contributed by atoms with E-state index in [9.17, 15) is 4.79 Å². The van der Waals surface area contributed by atoms with E-state index in [1.807, 2.05) is 36.4 Å². The smallest absolute Gasteiger partial charge is 0.255 e. The summed E-state index contributed by atoms with van der Waals surface area (Å²) in [5.74, 6) is 1.41. The summed E-state index contributed by atoms with van der Waals surface area (Å²) < 4.78 is 5.44. The van der Waals surface area contributed by atoms with Gasteiger partial charge in [0.25, 0.3) is 5.91 Å². The zero-order chi connectivity index (χ0) is 18.8. The van der Waals surface area contributed by atoms with Crippen LogP contribution in [0.5, 0.6) is 5.75 Å². The monoisotopic (exact) mass is 372 g/mol. The number of hydrogen-bond acceptors (Lipinski definition) is 4. The number of thioether (sulfide) groups is 1. The molecule has 0 saturated carbocycles. The van der Waals surface area contributed by atoms with E-state index in [4.69, 9.17) is 4.74 Å². The zero-order valence-electron chi connectivity index (χ0n) is 15.8. The number of benzene rings is 2. The molecular formula is C21H28N2O2S. The molecule has 0 aliphatic rings. The molecule has 0 fully saturated rings. The number of ether oxygens (including phenoxy) is 1.